The van der Waals surface area contributed by atoms with E-state index in [4.69, 9.17) is 5.73 Å². The number of amides is 1. The molecule has 1 saturated heterocycles. The summed E-state index contributed by atoms with van der Waals surface area (Å²) in [6.45, 7) is 1.60. The van der Waals surface area contributed by atoms with Crippen LogP contribution >= 0.6 is 0 Å². The molecule has 2 aromatic heterocycles. The van der Waals surface area contributed by atoms with Gasteiger partial charge in [-0.15, -0.1) is 0 Å². The third kappa shape index (κ3) is 5.54. The van der Waals surface area contributed by atoms with Crippen molar-refractivity contribution in [3.63, 3.8) is 0 Å². The Morgan fingerprint density at radius 1 is 1.16 bits per heavy atom. The first-order chi connectivity index (χ1) is 17.6. The zero-order chi connectivity index (χ0) is 26.3. The van der Waals surface area contributed by atoms with Crippen LogP contribution in [0.4, 0.5) is 23.4 Å². The maximum atomic E-state index is 15.3. The Balaban J connectivity index is 1.38. The lowest BCUT2D eigenvalue weighted by molar-refractivity contribution is -0.137. The van der Waals surface area contributed by atoms with Crippen LogP contribution in [0.2, 0.25) is 0 Å². The number of β-amino-alcohol motifs (C(OH)–C–C–N with tert-alkyl or cyclic N) is 1. The number of rotatable bonds is 8. The van der Waals surface area contributed by atoms with Gasteiger partial charge in [-0.05, 0) is 43.5 Å². The number of aromatic nitrogens is 3. The second kappa shape index (κ2) is 9.90. The zero-order valence-electron chi connectivity index (χ0n) is 20.0. The first-order valence-corrected chi connectivity index (χ1v) is 12.2. The van der Waals surface area contributed by atoms with E-state index in [1.54, 1.807) is 9.47 Å². The number of nitrogens with zero attached hydrogens (tertiary/aromatic N) is 5. The summed E-state index contributed by atoms with van der Waals surface area (Å²) >= 11 is 0. The molecule has 1 aliphatic heterocycles. The minimum absolute atomic E-state index is 0.0807. The normalized spacial score (nSPS) is 20.9. The molecule has 2 fully saturated rings. The summed E-state index contributed by atoms with van der Waals surface area (Å²) in [5.74, 6) is -0.709. The SMILES string of the molecule is NC(=O)CN1CCC(Cn2cc(F)c3c(N(Cc4ccc(C(F)(F)F)cc4)C4CC4)ncnc32)[C@@H](O)C1. The topological polar surface area (TPSA) is 101 Å². The number of hydrogen-bond acceptors (Lipinski definition) is 6. The monoisotopic (exact) mass is 520 g/mol. The molecule has 1 aromatic carbocycles. The highest BCUT2D eigenvalue weighted by atomic mass is 19.4. The summed E-state index contributed by atoms with van der Waals surface area (Å²) in [5, 5.41) is 10.9. The fourth-order valence-corrected chi connectivity index (χ4v) is 5.05. The van der Waals surface area contributed by atoms with Gasteiger partial charge in [-0.3, -0.25) is 9.69 Å². The molecule has 0 spiro atoms. The Morgan fingerprint density at radius 3 is 2.51 bits per heavy atom. The number of benzene rings is 1. The first kappa shape index (κ1) is 25.4. The van der Waals surface area contributed by atoms with E-state index in [0.717, 1.165) is 25.0 Å². The van der Waals surface area contributed by atoms with Crippen LogP contribution in [0.15, 0.2) is 36.8 Å². The van der Waals surface area contributed by atoms with E-state index < -0.39 is 29.6 Å². The molecule has 3 N–H and O–H groups in total. The van der Waals surface area contributed by atoms with Gasteiger partial charge >= 0.3 is 6.18 Å². The van der Waals surface area contributed by atoms with E-state index in [2.05, 4.69) is 9.97 Å². The Labute approximate surface area is 210 Å². The summed E-state index contributed by atoms with van der Waals surface area (Å²) in [4.78, 5) is 23.6. The lowest BCUT2D eigenvalue weighted by Gasteiger charge is -2.35. The van der Waals surface area contributed by atoms with Crippen molar-refractivity contribution < 1.29 is 27.5 Å². The minimum atomic E-state index is -4.41. The van der Waals surface area contributed by atoms with E-state index in [0.29, 0.717) is 43.1 Å². The van der Waals surface area contributed by atoms with Crippen LogP contribution in [0.25, 0.3) is 11.0 Å². The number of carbonyl (C=O) groups is 1. The summed E-state index contributed by atoms with van der Waals surface area (Å²) in [6, 6.07) is 5.08. The van der Waals surface area contributed by atoms with Crippen molar-refractivity contribution >= 4 is 22.8 Å². The van der Waals surface area contributed by atoms with Gasteiger partial charge in [0.25, 0.3) is 0 Å². The van der Waals surface area contributed by atoms with E-state index in [-0.39, 0.29) is 30.4 Å². The third-order valence-electron chi connectivity index (χ3n) is 7.10. The summed E-state index contributed by atoms with van der Waals surface area (Å²) in [6.07, 6.45) is -0.0373. The molecule has 8 nitrogen and oxygen atoms in total. The Hall–Kier alpha value is -3.25. The molecule has 0 radical (unpaired) electrons. The lowest BCUT2D eigenvalue weighted by atomic mass is 9.93. The number of primary amides is 1. The van der Waals surface area contributed by atoms with Crippen LogP contribution in [0.1, 0.15) is 30.4 Å². The third-order valence-corrected chi connectivity index (χ3v) is 7.10. The van der Waals surface area contributed by atoms with E-state index >= 15 is 4.39 Å². The number of aliphatic hydroxyl groups is 1. The molecule has 1 aliphatic carbocycles. The van der Waals surface area contributed by atoms with Crippen LogP contribution in [0.5, 0.6) is 0 Å². The quantitative estimate of drug-likeness (QED) is 0.443. The number of carbonyl (C=O) groups excluding carboxylic acids is 1. The number of alkyl halides is 3. The molecule has 1 amide bonds. The summed E-state index contributed by atoms with van der Waals surface area (Å²) in [7, 11) is 0. The molecular formula is C25H28F4N6O2. The van der Waals surface area contributed by atoms with Crippen molar-refractivity contribution in [2.45, 2.75) is 50.7 Å². The molecule has 12 heteroatoms. The van der Waals surface area contributed by atoms with Crippen molar-refractivity contribution in [1.29, 1.82) is 0 Å². The number of likely N-dealkylation sites (tertiary alicyclic amines) is 1. The molecule has 5 rings (SSSR count). The van der Waals surface area contributed by atoms with Gasteiger partial charge in [0, 0.05) is 37.8 Å². The molecule has 0 bridgehead atoms. The average Bonchev–Trinajstić information content (AvgIpc) is 3.63. The van der Waals surface area contributed by atoms with E-state index in [1.807, 2.05) is 4.90 Å². The molecule has 3 heterocycles. The zero-order valence-corrected chi connectivity index (χ0v) is 20.0. The molecule has 3 aromatic rings. The van der Waals surface area contributed by atoms with Gasteiger partial charge in [0.1, 0.15) is 17.8 Å². The lowest BCUT2D eigenvalue weighted by Crippen LogP contribution is -2.47. The number of nitrogens with two attached hydrogens (primary N) is 1. The molecule has 1 unspecified atom stereocenters. The number of fused-ring (bicyclic) bond motifs is 1. The summed E-state index contributed by atoms with van der Waals surface area (Å²) < 4.78 is 55.9. The summed E-state index contributed by atoms with van der Waals surface area (Å²) in [5.41, 5.74) is 5.60. The van der Waals surface area contributed by atoms with Crippen molar-refractivity contribution in [1.82, 2.24) is 19.4 Å². The van der Waals surface area contributed by atoms with E-state index in [9.17, 15) is 23.1 Å². The van der Waals surface area contributed by atoms with Crippen LogP contribution < -0.4 is 10.6 Å². The van der Waals surface area contributed by atoms with Gasteiger partial charge < -0.3 is 20.3 Å². The van der Waals surface area contributed by atoms with Crippen LogP contribution in [-0.2, 0) is 24.1 Å². The Bertz CT molecular complexity index is 1270. The van der Waals surface area contributed by atoms with E-state index in [1.165, 1.54) is 24.7 Å². The molecule has 2 atom stereocenters. The molecule has 2 aliphatic rings. The molecular weight excluding hydrogens is 492 g/mol. The van der Waals surface area contributed by atoms with Gasteiger partial charge in [-0.25, -0.2) is 14.4 Å². The highest BCUT2D eigenvalue weighted by Gasteiger charge is 2.34. The predicted molar refractivity (Wildman–Crippen MR) is 128 cm³/mol. The van der Waals surface area contributed by atoms with Gasteiger partial charge in [0.2, 0.25) is 5.91 Å². The largest absolute Gasteiger partial charge is 0.416 e. The highest BCUT2D eigenvalue weighted by Crippen LogP contribution is 2.37. The molecule has 1 saturated carbocycles. The average molecular weight is 521 g/mol. The number of aliphatic hydroxyl groups excluding tert-OH is 1. The number of anilines is 1. The maximum absolute atomic E-state index is 15.3. The number of halogens is 4. The minimum Gasteiger partial charge on any atom is -0.391 e. The van der Waals surface area contributed by atoms with Gasteiger partial charge in [-0.2, -0.15) is 13.2 Å². The fraction of sp³-hybridized carbons (Fsp3) is 0.480. The standard InChI is InChI=1S/C25H28F4N6O2/c26-19-11-34(10-16-7-8-33(12-20(16)36)13-21(30)37)23-22(19)24(32-14-31-23)35(18-5-6-18)9-15-1-3-17(4-2-15)25(27,28)29/h1-4,11,14,16,18,20,36H,5-10,12-13H2,(H2,30,37)/t16?,20-/m0/s1. The number of hydrogen-bond donors (Lipinski definition) is 2. The van der Waals surface area contributed by atoms with Crippen LogP contribution in [-0.4, -0.2) is 62.2 Å². The number of piperidine rings is 1. The van der Waals surface area contributed by atoms with Crippen molar-refractivity contribution in [3.05, 3.63) is 53.7 Å². The second-order valence-corrected chi connectivity index (χ2v) is 9.90. The fourth-order valence-electron chi connectivity index (χ4n) is 5.05. The second-order valence-electron chi connectivity index (χ2n) is 9.90. The predicted octanol–water partition coefficient (Wildman–Crippen LogP) is 2.93. The van der Waals surface area contributed by atoms with Crippen molar-refractivity contribution in [2.24, 2.45) is 11.7 Å². The van der Waals surface area contributed by atoms with Gasteiger partial charge in [0.15, 0.2) is 5.82 Å². The van der Waals surface area contributed by atoms with Crippen LogP contribution in [0.3, 0.4) is 0 Å². The highest BCUT2D eigenvalue weighted by molar-refractivity contribution is 5.89. The molecule has 198 valence electrons. The maximum Gasteiger partial charge on any atom is 0.416 e. The van der Waals surface area contributed by atoms with Crippen molar-refractivity contribution in [2.75, 3.05) is 24.5 Å². The van der Waals surface area contributed by atoms with Gasteiger partial charge in [0.05, 0.1) is 23.6 Å². The van der Waals surface area contributed by atoms with Crippen molar-refractivity contribution in [3.8, 4) is 0 Å². The molecule has 37 heavy (non-hydrogen) atoms. The Kier molecular flexibility index (Phi) is 6.80. The first-order valence-electron chi connectivity index (χ1n) is 12.2. The Morgan fingerprint density at radius 2 is 1.89 bits per heavy atom. The van der Waals surface area contributed by atoms with Gasteiger partial charge in [-0.1, -0.05) is 12.1 Å². The van der Waals surface area contributed by atoms with Crippen LogP contribution in [0, 0.1) is 11.7 Å². The smallest absolute Gasteiger partial charge is 0.391 e.